The van der Waals surface area contributed by atoms with E-state index in [1.165, 1.54) is 24.6 Å². The van der Waals surface area contributed by atoms with Crippen LogP contribution in [0.1, 0.15) is 30.4 Å². The van der Waals surface area contributed by atoms with Crippen LogP contribution in [0.2, 0.25) is 0 Å². The molecule has 24 heavy (non-hydrogen) atoms. The Bertz CT molecular complexity index is 628. The van der Waals surface area contributed by atoms with Crippen molar-refractivity contribution in [2.75, 3.05) is 30.3 Å². The standard InChI is InChI=1S/C18H23N3OS2/c1-14-10-15(2)12-16(11-14)21(9-5-6-19)17(22)13-24-18(23)20-7-3-4-8-20/h10-12H,3-5,7-9,13H2,1-2H3. The van der Waals surface area contributed by atoms with Gasteiger partial charge in [0.25, 0.3) is 0 Å². The number of anilines is 1. The molecular weight excluding hydrogens is 338 g/mol. The number of carbonyl (C=O) groups excluding carboxylic acids is 1. The quantitative estimate of drug-likeness (QED) is 0.749. The van der Waals surface area contributed by atoms with E-state index < -0.39 is 0 Å². The molecule has 0 N–H and O–H groups in total. The van der Waals surface area contributed by atoms with Crippen molar-refractivity contribution in [3.63, 3.8) is 0 Å². The average Bonchev–Trinajstić information content (AvgIpc) is 3.06. The molecule has 1 aromatic carbocycles. The second-order valence-electron chi connectivity index (χ2n) is 6.05. The third-order valence-electron chi connectivity index (χ3n) is 3.95. The van der Waals surface area contributed by atoms with E-state index in [1.54, 1.807) is 4.90 Å². The number of carbonyl (C=O) groups is 1. The lowest BCUT2D eigenvalue weighted by Gasteiger charge is -2.24. The average molecular weight is 362 g/mol. The lowest BCUT2D eigenvalue weighted by Crippen LogP contribution is -2.34. The minimum atomic E-state index is 0.00166. The van der Waals surface area contributed by atoms with Crippen molar-refractivity contribution in [2.45, 2.75) is 33.1 Å². The number of thioether (sulfide) groups is 1. The molecule has 1 fully saturated rings. The van der Waals surface area contributed by atoms with Crippen LogP contribution in [-0.4, -0.2) is 40.5 Å². The number of aryl methyl sites for hydroxylation is 2. The summed E-state index contributed by atoms with van der Waals surface area (Å²) in [5.41, 5.74) is 3.08. The highest BCUT2D eigenvalue weighted by molar-refractivity contribution is 8.23. The maximum atomic E-state index is 12.7. The Morgan fingerprint density at radius 1 is 1.29 bits per heavy atom. The summed E-state index contributed by atoms with van der Waals surface area (Å²) in [7, 11) is 0. The first-order chi connectivity index (χ1) is 11.5. The van der Waals surface area contributed by atoms with E-state index in [1.807, 2.05) is 26.0 Å². The van der Waals surface area contributed by atoms with Crippen molar-refractivity contribution in [3.05, 3.63) is 29.3 Å². The molecule has 0 aliphatic carbocycles. The molecule has 128 valence electrons. The van der Waals surface area contributed by atoms with Crippen molar-refractivity contribution in [1.82, 2.24) is 4.90 Å². The maximum Gasteiger partial charge on any atom is 0.237 e. The van der Waals surface area contributed by atoms with Crippen LogP contribution in [0.5, 0.6) is 0 Å². The molecule has 0 radical (unpaired) electrons. The third kappa shape index (κ3) is 5.22. The van der Waals surface area contributed by atoms with Gasteiger partial charge in [0.2, 0.25) is 5.91 Å². The first kappa shape index (κ1) is 18.8. The van der Waals surface area contributed by atoms with Gasteiger partial charge in [0.1, 0.15) is 4.32 Å². The molecular formula is C18H23N3OS2. The van der Waals surface area contributed by atoms with Gasteiger partial charge >= 0.3 is 0 Å². The summed E-state index contributed by atoms with van der Waals surface area (Å²) in [6.45, 7) is 6.43. The van der Waals surface area contributed by atoms with Gasteiger partial charge in [-0.15, -0.1) is 0 Å². The molecule has 1 aliphatic rings. The van der Waals surface area contributed by atoms with Gasteiger partial charge in [0.05, 0.1) is 18.2 Å². The Kier molecular flexibility index (Phi) is 7.07. The molecule has 0 aromatic heterocycles. The zero-order chi connectivity index (χ0) is 17.5. The van der Waals surface area contributed by atoms with Gasteiger partial charge in [0.15, 0.2) is 0 Å². The van der Waals surface area contributed by atoms with Crippen molar-refractivity contribution in [3.8, 4) is 6.07 Å². The lowest BCUT2D eigenvalue weighted by atomic mass is 10.1. The molecule has 0 saturated carbocycles. The molecule has 0 spiro atoms. The lowest BCUT2D eigenvalue weighted by molar-refractivity contribution is -0.116. The van der Waals surface area contributed by atoms with Crippen LogP contribution in [-0.2, 0) is 4.79 Å². The maximum absolute atomic E-state index is 12.7. The summed E-state index contributed by atoms with van der Waals surface area (Å²) < 4.78 is 0.807. The smallest absolute Gasteiger partial charge is 0.237 e. The summed E-state index contributed by atoms with van der Waals surface area (Å²) in [5, 5.41) is 8.89. The molecule has 1 saturated heterocycles. The molecule has 2 rings (SSSR count). The van der Waals surface area contributed by atoms with Crippen LogP contribution >= 0.6 is 24.0 Å². The van der Waals surface area contributed by atoms with Gasteiger partial charge in [0, 0.05) is 25.3 Å². The van der Waals surface area contributed by atoms with E-state index in [0.29, 0.717) is 18.7 Å². The topological polar surface area (TPSA) is 47.3 Å². The number of nitriles is 1. The molecule has 4 nitrogen and oxygen atoms in total. The van der Waals surface area contributed by atoms with Crippen molar-refractivity contribution < 1.29 is 4.79 Å². The van der Waals surface area contributed by atoms with Gasteiger partial charge in [-0.25, -0.2) is 0 Å². The molecule has 1 aliphatic heterocycles. The van der Waals surface area contributed by atoms with Gasteiger partial charge in [-0.1, -0.05) is 30.0 Å². The fraction of sp³-hybridized carbons (Fsp3) is 0.500. The molecule has 1 heterocycles. The second kappa shape index (κ2) is 9.05. The Morgan fingerprint density at radius 3 is 2.50 bits per heavy atom. The highest BCUT2D eigenvalue weighted by Crippen LogP contribution is 2.22. The fourth-order valence-corrected chi connectivity index (χ4v) is 3.99. The molecule has 0 bridgehead atoms. The number of rotatable bonds is 5. The van der Waals surface area contributed by atoms with Gasteiger partial charge in [-0.2, -0.15) is 5.26 Å². The van der Waals surface area contributed by atoms with Crippen LogP contribution < -0.4 is 4.90 Å². The largest absolute Gasteiger partial charge is 0.358 e. The zero-order valence-corrected chi connectivity index (χ0v) is 15.9. The van der Waals surface area contributed by atoms with E-state index in [0.717, 1.165) is 34.2 Å². The SMILES string of the molecule is Cc1cc(C)cc(N(CCC#N)C(=O)CSC(=S)N2CCCC2)c1. The molecule has 0 unspecified atom stereocenters. The minimum Gasteiger partial charge on any atom is -0.358 e. The Morgan fingerprint density at radius 2 is 1.92 bits per heavy atom. The van der Waals surface area contributed by atoms with Crippen molar-refractivity contribution >= 4 is 39.9 Å². The van der Waals surface area contributed by atoms with Crippen LogP contribution in [0, 0.1) is 25.2 Å². The van der Waals surface area contributed by atoms with Crippen LogP contribution in [0.25, 0.3) is 0 Å². The highest BCUT2D eigenvalue weighted by atomic mass is 32.2. The zero-order valence-electron chi connectivity index (χ0n) is 14.2. The summed E-state index contributed by atoms with van der Waals surface area (Å²) in [5.74, 6) is 0.315. The Balaban J connectivity index is 2.04. The summed E-state index contributed by atoms with van der Waals surface area (Å²) >= 11 is 6.86. The first-order valence-electron chi connectivity index (χ1n) is 8.18. The van der Waals surface area contributed by atoms with E-state index in [4.69, 9.17) is 17.5 Å². The first-order valence-corrected chi connectivity index (χ1v) is 9.58. The second-order valence-corrected chi connectivity index (χ2v) is 7.66. The molecule has 0 atom stereocenters. The Hall–Kier alpha value is -1.58. The van der Waals surface area contributed by atoms with Gasteiger partial charge in [-0.05, 0) is 49.9 Å². The van der Waals surface area contributed by atoms with Crippen LogP contribution in [0.3, 0.4) is 0 Å². The van der Waals surface area contributed by atoms with E-state index in [9.17, 15) is 4.79 Å². The molecule has 1 amide bonds. The normalized spacial score (nSPS) is 13.6. The predicted octanol–water partition coefficient (Wildman–Crippen LogP) is 3.66. The highest BCUT2D eigenvalue weighted by Gasteiger charge is 2.20. The fourth-order valence-electron chi connectivity index (χ4n) is 2.86. The number of benzene rings is 1. The van der Waals surface area contributed by atoms with E-state index in [-0.39, 0.29) is 5.91 Å². The predicted molar refractivity (Wildman–Crippen MR) is 104 cm³/mol. The van der Waals surface area contributed by atoms with E-state index >= 15 is 0 Å². The number of hydrogen-bond acceptors (Lipinski definition) is 4. The number of likely N-dealkylation sites (tertiary alicyclic amines) is 1. The summed E-state index contributed by atoms with van der Waals surface area (Å²) in [4.78, 5) is 16.6. The van der Waals surface area contributed by atoms with Crippen LogP contribution in [0.15, 0.2) is 18.2 Å². The third-order valence-corrected chi connectivity index (χ3v) is 5.46. The van der Waals surface area contributed by atoms with Crippen molar-refractivity contribution in [2.24, 2.45) is 0 Å². The van der Waals surface area contributed by atoms with Crippen LogP contribution in [0.4, 0.5) is 5.69 Å². The summed E-state index contributed by atoms with van der Waals surface area (Å²) in [6, 6.07) is 8.19. The van der Waals surface area contributed by atoms with E-state index in [2.05, 4.69) is 17.0 Å². The van der Waals surface area contributed by atoms with Gasteiger partial charge < -0.3 is 9.80 Å². The number of amides is 1. The number of thiocarbonyl (C=S) groups is 1. The molecule has 1 aromatic rings. The summed E-state index contributed by atoms with van der Waals surface area (Å²) in [6.07, 6.45) is 2.66. The van der Waals surface area contributed by atoms with Crippen molar-refractivity contribution in [1.29, 1.82) is 5.26 Å². The monoisotopic (exact) mass is 361 g/mol. The Labute approximate surface area is 153 Å². The molecule has 6 heteroatoms. The number of nitrogens with zero attached hydrogens (tertiary/aromatic N) is 3. The minimum absolute atomic E-state index is 0.00166. The van der Waals surface area contributed by atoms with Gasteiger partial charge in [-0.3, -0.25) is 4.79 Å². The number of hydrogen-bond donors (Lipinski definition) is 0.